The Morgan fingerprint density at radius 2 is 1.74 bits per heavy atom. The molecule has 0 amide bonds. The maximum absolute atomic E-state index is 12.4. The summed E-state index contributed by atoms with van der Waals surface area (Å²) >= 11 is 0. The summed E-state index contributed by atoms with van der Waals surface area (Å²) in [5.74, 6) is 0.527. The molecule has 0 aliphatic heterocycles. The van der Waals surface area contributed by atoms with E-state index in [4.69, 9.17) is 9.51 Å². The molecule has 1 N–H and O–H groups in total. The number of sulfone groups is 1. The van der Waals surface area contributed by atoms with E-state index in [1.807, 2.05) is 26.1 Å². The fourth-order valence-corrected chi connectivity index (χ4v) is 4.81. The number of hydrogen-bond acceptors (Lipinski definition) is 7. The maximum Gasteiger partial charge on any atom is 0.187 e. The van der Waals surface area contributed by atoms with Gasteiger partial charge in [-0.05, 0) is 58.0 Å². The first-order chi connectivity index (χ1) is 16.2. The summed E-state index contributed by atoms with van der Waals surface area (Å²) in [5.41, 5.74) is 6.75. The van der Waals surface area contributed by atoms with Gasteiger partial charge in [-0.3, -0.25) is 4.98 Å². The van der Waals surface area contributed by atoms with Crippen LogP contribution in [0.1, 0.15) is 30.7 Å². The molecule has 2 heterocycles. The van der Waals surface area contributed by atoms with Crippen LogP contribution >= 0.6 is 0 Å². The average molecular weight is 477 g/mol. The van der Waals surface area contributed by atoms with Gasteiger partial charge in [0.05, 0.1) is 27.7 Å². The molecule has 0 spiro atoms. The monoisotopic (exact) mass is 476 g/mol. The number of nitrogens with one attached hydrogen (secondary N) is 1. The minimum absolute atomic E-state index is 0.294. The zero-order valence-electron chi connectivity index (χ0n) is 20.0. The summed E-state index contributed by atoms with van der Waals surface area (Å²) in [5, 5.41) is 6.95. The third kappa shape index (κ3) is 4.64. The Morgan fingerprint density at radius 3 is 2.38 bits per heavy atom. The van der Waals surface area contributed by atoms with E-state index >= 15 is 0 Å². The summed E-state index contributed by atoms with van der Waals surface area (Å²) in [6, 6.07) is 14.8. The Kier molecular flexibility index (Phi) is 6.63. The van der Waals surface area contributed by atoms with Gasteiger partial charge in [-0.15, -0.1) is 0 Å². The minimum Gasteiger partial charge on any atom is -0.354 e. The molecule has 2 aromatic carbocycles. The summed E-state index contributed by atoms with van der Waals surface area (Å²) < 4.78 is 30.5. The van der Waals surface area contributed by atoms with Crippen molar-refractivity contribution in [2.24, 2.45) is 0 Å². The Hall–Kier alpha value is -3.36. The van der Waals surface area contributed by atoms with Crippen LogP contribution in [0, 0.1) is 13.8 Å². The molecular formula is C26H28N4O3S. The summed E-state index contributed by atoms with van der Waals surface area (Å²) in [6.07, 6.45) is 1.67. The van der Waals surface area contributed by atoms with Crippen LogP contribution < -0.4 is 5.32 Å². The largest absolute Gasteiger partial charge is 0.354 e. The van der Waals surface area contributed by atoms with Crippen LogP contribution in [0.5, 0.6) is 0 Å². The lowest BCUT2D eigenvalue weighted by Crippen LogP contribution is -2.13. The third-order valence-corrected chi connectivity index (χ3v) is 7.92. The quantitative estimate of drug-likeness (QED) is 0.401. The van der Waals surface area contributed by atoms with Gasteiger partial charge in [0.1, 0.15) is 11.4 Å². The molecule has 0 atom stereocenters. The molecule has 34 heavy (non-hydrogen) atoms. The van der Waals surface area contributed by atoms with Gasteiger partial charge >= 0.3 is 0 Å². The molecule has 0 radical (unpaired) electrons. The fourth-order valence-electron chi connectivity index (χ4n) is 3.75. The van der Waals surface area contributed by atoms with Crippen LogP contribution in [0.2, 0.25) is 0 Å². The number of benzene rings is 2. The highest BCUT2D eigenvalue weighted by molar-refractivity contribution is 7.92. The second kappa shape index (κ2) is 9.48. The van der Waals surface area contributed by atoms with E-state index in [2.05, 4.69) is 34.5 Å². The first-order valence-electron chi connectivity index (χ1n) is 11.1. The second-order valence-corrected chi connectivity index (χ2v) is 11.1. The highest BCUT2D eigenvalue weighted by Gasteiger charge is 2.20. The van der Waals surface area contributed by atoms with Crippen molar-refractivity contribution in [3.8, 4) is 34.0 Å². The fraction of sp³-hybridized carbons (Fsp3) is 0.269. The van der Waals surface area contributed by atoms with Gasteiger partial charge in [-0.25, -0.2) is 13.4 Å². The lowest BCUT2D eigenvalue weighted by atomic mass is 10.0. The topological polar surface area (TPSA) is 98.0 Å². The van der Waals surface area contributed by atoms with Crippen molar-refractivity contribution in [3.05, 3.63) is 71.5 Å². The molecule has 0 fully saturated rings. The maximum atomic E-state index is 12.4. The molecule has 2 aromatic heterocycles. The molecule has 4 aromatic rings. The molecule has 7 nitrogen and oxygen atoms in total. The van der Waals surface area contributed by atoms with Crippen molar-refractivity contribution < 1.29 is 12.9 Å². The minimum atomic E-state index is -3.33. The van der Waals surface area contributed by atoms with Gasteiger partial charge in [-0.1, -0.05) is 35.5 Å². The standard InChI is InChI=1S/C26H28N4O3S/c1-16(2)34(31,32)21-9-7-20(8-10-21)24-15-28-18(4)26(29-24)25-13-23(30-33-25)22-11-6-19(14-27-5)12-17(22)3/h6-13,15-16,27H,14H2,1-5H3. The van der Waals surface area contributed by atoms with Crippen LogP contribution in [0.4, 0.5) is 0 Å². The van der Waals surface area contributed by atoms with E-state index in [0.29, 0.717) is 27.7 Å². The molecule has 0 unspecified atom stereocenters. The molecule has 0 saturated carbocycles. The van der Waals surface area contributed by atoms with Crippen molar-refractivity contribution in [1.29, 1.82) is 0 Å². The zero-order valence-corrected chi connectivity index (χ0v) is 20.8. The van der Waals surface area contributed by atoms with Crippen molar-refractivity contribution in [2.75, 3.05) is 7.05 Å². The van der Waals surface area contributed by atoms with Crippen LogP contribution in [0.3, 0.4) is 0 Å². The van der Waals surface area contributed by atoms with Crippen molar-refractivity contribution in [2.45, 2.75) is 44.4 Å². The van der Waals surface area contributed by atoms with E-state index in [-0.39, 0.29) is 0 Å². The molecule has 0 aliphatic rings. The molecule has 8 heteroatoms. The summed E-state index contributed by atoms with van der Waals surface area (Å²) in [7, 11) is -1.41. The smallest absolute Gasteiger partial charge is 0.187 e. The third-order valence-electron chi connectivity index (χ3n) is 5.75. The molecule has 0 saturated heterocycles. The van der Waals surface area contributed by atoms with Gasteiger partial charge in [0.2, 0.25) is 0 Å². The molecule has 176 valence electrons. The highest BCUT2D eigenvalue weighted by Crippen LogP contribution is 2.30. The molecule has 4 rings (SSSR count). The van der Waals surface area contributed by atoms with Gasteiger partial charge in [0, 0.05) is 23.7 Å². The molecule has 0 aliphatic carbocycles. The second-order valence-electron chi connectivity index (χ2n) is 8.56. The first kappa shape index (κ1) is 23.8. The lowest BCUT2D eigenvalue weighted by molar-refractivity contribution is 0.433. The first-order valence-corrected chi connectivity index (χ1v) is 12.6. The van der Waals surface area contributed by atoms with Crippen molar-refractivity contribution in [3.63, 3.8) is 0 Å². The Morgan fingerprint density at radius 1 is 1.00 bits per heavy atom. The van der Waals surface area contributed by atoms with E-state index in [1.165, 1.54) is 5.56 Å². The Bertz CT molecular complexity index is 1420. The molecule has 0 bridgehead atoms. The van der Waals surface area contributed by atoms with E-state index in [1.54, 1.807) is 44.3 Å². The van der Waals surface area contributed by atoms with Gasteiger partial charge in [-0.2, -0.15) is 0 Å². The normalized spacial score (nSPS) is 11.8. The average Bonchev–Trinajstić information content (AvgIpc) is 3.29. The van der Waals surface area contributed by atoms with Crippen molar-refractivity contribution >= 4 is 9.84 Å². The van der Waals surface area contributed by atoms with E-state index in [9.17, 15) is 8.42 Å². The number of rotatable bonds is 7. The van der Waals surface area contributed by atoms with E-state index in [0.717, 1.165) is 28.9 Å². The SMILES string of the molecule is CNCc1ccc(-c2cc(-c3nc(-c4ccc(S(=O)(=O)C(C)C)cc4)cnc3C)on2)c(C)c1. The predicted octanol–water partition coefficient (Wildman–Crippen LogP) is 4.98. The summed E-state index contributed by atoms with van der Waals surface area (Å²) in [6.45, 7) is 8.06. The predicted molar refractivity (Wildman–Crippen MR) is 133 cm³/mol. The van der Waals surface area contributed by atoms with Crippen LogP contribution in [0.15, 0.2) is 64.1 Å². The van der Waals surface area contributed by atoms with Crippen LogP contribution in [-0.2, 0) is 16.4 Å². The number of nitrogens with zero attached hydrogens (tertiary/aromatic N) is 3. The number of aromatic nitrogens is 3. The highest BCUT2D eigenvalue weighted by atomic mass is 32.2. The number of aryl methyl sites for hydroxylation is 2. The summed E-state index contributed by atoms with van der Waals surface area (Å²) in [4.78, 5) is 9.54. The lowest BCUT2D eigenvalue weighted by Gasteiger charge is -2.09. The van der Waals surface area contributed by atoms with Gasteiger partial charge in [0.15, 0.2) is 15.6 Å². The van der Waals surface area contributed by atoms with Crippen molar-refractivity contribution in [1.82, 2.24) is 20.4 Å². The van der Waals surface area contributed by atoms with Gasteiger partial charge < -0.3 is 9.84 Å². The van der Waals surface area contributed by atoms with Gasteiger partial charge in [0.25, 0.3) is 0 Å². The Labute approximate surface area is 200 Å². The number of hydrogen-bond donors (Lipinski definition) is 1. The van der Waals surface area contributed by atoms with Crippen LogP contribution in [-0.4, -0.2) is 35.8 Å². The van der Waals surface area contributed by atoms with E-state index < -0.39 is 15.1 Å². The van der Waals surface area contributed by atoms with Crippen LogP contribution in [0.25, 0.3) is 34.0 Å². The molecular weight excluding hydrogens is 448 g/mol. The Balaban J connectivity index is 1.66. The zero-order chi connectivity index (χ0) is 24.5.